The van der Waals surface area contributed by atoms with Gasteiger partial charge in [-0.1, -0.05) is 17.7 Å². The number of nitrogens with one attached hydrogen (secondary N) is 1. The molecule has 3 nitrogen and oxygen atoms in total. The van der Waals surface area contributed by atoms with E-state index in [2.05, 4.69) is 15.3 Å². The van der Waals surface area contributed by atoms with E-state index in [1.807, 2.05) is 0 Å². The van der Waals surface area contributed by atoms with E-state index in [4.69, 9.17) is 11.6 Å². The number of aryl methyl sites for hydroxylation is 1. The van der Waals surface area contributed by atoms with Crippen LogP contribution in [0.5, 0.6) is 0 Å². The highest BCUT2D eigenvalue weighted by Crippen LogP contribution is 2.13. The molecule has 1 heterocycles. The van der Waals surface area contributed by atoms with Crippen molar-refractivity contribution in [3.8, 4) is 0 Å². The Morgan fingerprint density at radius 2 is 2.00 bits per heavy atom. The molecule has 1 aromatic heterocycles. The van der Waals surface area contributed by atoms with Gasteiger partial charge in [0.05, 0.1) is 0 Å². The first-order valence-corrected chi connectivity index (χ1v) is 5.61. The zero-order valence-corrected chi connectivity index (χ0v) is 10.3. The van der Waals surface area contributed by atoms with Crippen LogP contribution in [0.4, 0.5) is 14.7 Å². The summed E-state index contributed by atoms with van der Waals surface area (Å²) in [6.07, 6.45) is 0. The van der Waals surface area contributed by atoms with E-state index in [-0.39, 0.29) is 6.54 Å². The average molecular weight is 270 g/mol. The van der Waals surface area contributed by atoms with Crippen molar-refractivity contribution in [2.75, 3.05) is 5.32 Å². The number of nitrogens with zero attached hydrogens (tertiary/aromatic N) is 2. The monoisotopic (exact) mass is 269 g/mol. The Kier molecular flexibility index (Phi) is 3.72. The minimum absolute atomic E-state index is 0.159. The third-order valence-corrected chi connectivity index (χ3v) is 2.47. The van der Waals surface area contributed by atoms with Gasteiger partial charge in [0.25, 0.3) is 0 Å². The van der Waals surface area contributed by atoms with Crippen LogP contribution < -0.4 is 5.32 Å². The zero-order valence-electron chi connectivity index (χ0n) is 9.54. The predicted molar refractivity (Wildman–Crippen MR) is 65.5 cm³/mol. The number of aromatic nitrogens is 2. The predicted octanol–water partition coefficient (Wildman–Crippen LogP) is 3.33. The van der Waals surface area contributed by atoms with Crippen molar-refractivity contribution in [3.05, 3.63) is 52.3 Å². The fraction of sp³-hybridized carbons (Fsp3) is 0.167. The second-order valence-electron chi connectivity index (χ2n) is 3.74. The largest absolute Gasteiger partial charge is 0.350 e. The molecule has 0 atom stereocenters. The Morgan fingerprint density at radius 3 is 2.67 bits per heavy atom. The van der Waals surface area contributed by atoms with Crippen molar-refractivity contribution < 1.29 is 8.78 Å². The maximum absolute atomic E-state index is 13.4. The summed E-state index contributed by atoms with van der Waals surface area (Å²) in [6.45, 7) is 1.93. The molecule has 0 fully saturated rings. The highest BCUT2D eigenvalue weighted by Gasteiger charge is 2.05. The molecule has 18 heavy (non-hydrogen) atoms. The van der Waals surface area contributed by atoms with Gasteiger partial charge in [-0.2, -0.15) is 0 Å². The molecule has 0 aliphatic carbocycles. The highest BCUT2D eigenvalue weighted by atomic mass is 35.5. The molecule has 0 amide bonds. The minimum atomic E-state index is -0.610. The lowest BCUT2D eigenvalue weighted by atomic mass is 10.2. The van der Waals surface area contributed by atoms with Crippen molar-refractivity contribution in [1.29, 1.82) is 0 Å². The Balaban J connectivity index is 2.11. The van der Waals surface area contributed by atoms with E-state index in [1.54, 1.807) is 13.0 Å². The zero-order chi connectivity index (χ0) is 13.1. The summed E-state index contributed by atoms with van der Waals surface area (Å²) in [4.78, 5) is 8.04. The van der Waals surface area contributed by atoms with Gasteiger partial charge in [-0.25, -0.2) is 18.7 Å². The van der Waals surface area contributed by atoms with Gasteiger partial charge in [-0.15, -0.1) is 0 Å². The first-order valence-electron chi connectivity index (χ1n) is 5.23. The van der Waals surface area contributed by atoms with Crippen LogP contribution in [-0.2, 0) is 6.54 Å². The second kappa shape index (κ2) is 5.27. The Morgan fingerprint density at radius 1 is 1.22 bits per heavy atom. The number of benzene rings is 1. The van der Waals surface area contributed by atoms with Crippen molar-refractivity contribution in [2.24, 2.45) is 0 Å². The summed E-state index contributed by atoms with van der Waals surface area (Å²) in [5.74, 6) is -0.906. The molecule has 0 unspecified atom stereocenters. The quantitative estimate of drug-likeness (QED) is 0.869. The molecule has 0 aliphatic heterocycles. The van der Waals surface area contributed by atoms with Gasteiger partial charge < -0.3 is 5.32 Å². The first-order chi connectivity index (χ1) is 8.54. The molecular formula is C12H10ClF2N3. The van der Waals surface area contributed by atoms with Gasteiger partial charge in [0.15, 0.2) is 0 Å². The minimum Gasteiger partial charge on any atom is -0.350 e. The molecule has 1 aromatic carbocycles. The summed E-state index contributed by atoms with van der Waals surface area (Å²) in [5, 5.41) is 3.14. The molecule has 0 radical (unpaired) electrons. The standard InChI is InChI=1S/C12H10ClF2N3/c1-7-4-11(13)18-12(17-7)16-6-8-2-3-9(14)5-10(8)15/h2-5H,6H2,1H3,(H,16,17,18). The molecule has 0 saturated carbocycles. The van der Waals surface area contributed by atoms with E-state index in [9.17, 15) is 8.78 Å². The van der Waals surface area contributed by atoms with Crippen molar-refractivity contribution in [3.63, 3.8) is 0 Å². The third-order valence-electron chi connectivity index (χ3n) is 2.28. The number of anilines is 1. The van der Waals surface area contributed by atoms with E-state index >= 15 is 0 Å². The van der Waals surface area contributed by atoms with Crippen molar-refractivity contribution in [1.82, 2.24) is 9.97 Å². The highest BCUT2D eigenvalue weighted by molar-refractivity contribution is 6.29. The Hall–Kier alpha value is -1.75. The lowest BCUT2D eigenvalue weighted by Crippen LogP contribution is -2.06. The second-order valence-corrected chi connectivity index (χ2v) is 4.13. The molecule has 0 aliphatic rings. The molecule has 0 spiro atoms. The number of rotatable bonds is 3. The summed E-state index contributed by atoms with van der Waals surface area (Å²) >= 11 is 5.77. The average Bonchev–Trinajstić information content (AvgIpc) is 2.26. The van der Waals surface area contributed by atoms with Gasteiger partial charge in [0.1, 0.15) is 16.8 Å². The first kappa shape index (κ1) is 12.7. The third kappa shape index (κ3) is 3.13. The van der Waals surface area contributed by atoms with Gasteiger partial charge in [0.2, 0.25) is 5.95 Å². The molecule has 0 bridgehead atoms. The fourth-order valence-corrected chi connectivity index (χ4v) is 1.69. The molecule has 0 saturated heterocycles. The molecule has 1 N–H and O–H groups in total. The maximum Gasteiger partial charge on any atom is 0.224 e. The van der Waals surface area contributed by atoms with Crippen molar-refractivity contribution >= 4 is 17.5 Å². The van der Waals surface area contributed by atoms with Gasteiger partial charge >= 0.3 is 0 Å². The Labute approximate surface area is 108 Å². The van der Waals surface area contributed by atoms with E-state index < -0.39 is 11.6 Å². The van der Waals surface area contributed by atoms with Crippen LogP contribution >= 0.6 is 11.6 Å². The topological polar surface area (TPSA) is 37.8 Å². The lowest BCUT2D eigenvalue weighted by molar-refractivity contribution is 0.574. The molecule has 6 heteroatoms. The molecule has 2 rings (SSSR count). The maximum atomic E-state index is 13.4. The van der Waals surface area contributed by atoms with Crippen LogP contribution in [0.15, 0.2) is 24.3 Å². The normalized spacial score (nSPS) is 10.4. The van der Waals surface area contributed by atoms with Crippen LogP contribution in [0.3, 0.4) is 0 Å². The number of hydrogen-bond acceptors (Lipinski definition) is 3. The van der Waals surface area contributed by atoms with Crippen LogP contribution in [0.25, 0.3) is 0 Å². The van der Waals surface area contributed by atoms with Crippen LogP contribution in [0, 0.1) is 18.6 Å². The van der Waals surface area contributed by atoms with Gasteiger partial charge in [-0.3, -0.25) is 0 Å². The van der Waals surface area contributed by atoms with Crippen LogP contribution in [-0.4, -0.2) is 9.97 Å². The van der Waals surface area contributed by atoms with E-state index in [0.29, 0.717) is 22.4 Å². The van der Waals surface area contributed by atoms with Gasteiger partial charge in [0, 0.05) is 23.9 Å². The summed E-state index contributed by atoms with van der Waals surface area (Å²) in [6, 6.07) is 5.02. The van der Waals surface area contributed by atoms with Crippen LogP contribution in [0.2, 0.25) is 5.15 Å². The summed E-state index contributed by atoms with van der Waals surface area (Å²) in [5.41, 5.74) is 1.04. The molecular weight excluding hydrogens is 260 g/mol. The van der Waals surface area contributed by atoms with Gasteiger partial charge in [-0.05, 0) is 19.1 Å². The fourth-order valence-electron chi connectivity index (χ4n) is 1.45. The van der Waals surface area contributed by atoms with Crippen LogP contribution in [0.1, 0.15) is 11.3 Å². The smallest absolute Gasteiger partial charge is 0.224 e. The van der Waals surface area contributed by atoms with Crippen molar-refractivity contribution in [2.45, 2.75) is 13.5 Å². The molecule has 94 valence electrons. The lowest BCUT2D eigenvalue weighted by Gasteiger charge is -2.07. The number of hydrogen-bond donors (Lipinski definition) is 1. The molecule has 2 aromatic rings. The summed E-state index contributed by atoms with van der Waals surface area (Å²) < 4.78 is 26.1. The van der Waals surface area contributed by atoms with E-state index in [0.717, 1.165) is 6.07 Å². The SMILES string of the molecule is Cc1cc(Cl)nc(NCc2ccc(F)cc2F)n1. The summed E-state index contributed by atoms with van der Waals surface area (Å²) in [7, 11) is 0. The Bertz CT molecular complexity index is 555. The number of halogens is 3. The van der Waals surface area contributed by atoms with E-state index in [1.165, 1.54) is 12.1 Å².